The highest BCUT2D eigenvalue weighted by atomic mass is 79.9. The number of hydrogen-bond donors (Lipinski definition) is 1. The maximum atomic E-state index is 11.4. The number of carbonyl (C=O) groups excluding carboxylic acids is 1. The fraction of sp³-hybridized carbons (Fsp3) is 0.462. The molecule has 0 aliphatic heterocycles. The van der Waals surface area contributed by atoms with Gasteiger partial charge in [-0.25, -0.2) is 5.48 Å². The van der Waals surface area contributed by atoms with Crippen molar-refractivity contribution in [3.8, 4) is 5.75 Å². The van der Waals surface area contributed by atoms with Gasteiger partial charge < -0.3 is 4.74 Å². The molecule has 0 aliphatic carbocycles. The van der Waals surface area contributed by atoms with Crippen LogP contribution in [0, 0.1) is 12.8 Å². The number of rotatable bonds is 6. The van der Waals surface area contributed by atoms with Crippen molar-refractivity contribution in [1.29, 1.82) is 0 Å². The van der Waals surface area contributed by atoms with Crippen LogP contribution in [-0.4, -0.2) is 19.1 Å². The summed E-state index contributed by atoms with van der Waals surface area (Å²) in [7, 11) is 0. The summed E-state index contributed by atoms with van der Waals surface area (Å²) in [5.74, 6) is 0.709. The summed E-state index contributed by atoms with van der Waals surface area (Å²) in [6.45, 7) is 6.42. The van der Waals surface area contributed by atoms with Gasteiger partial charge in [-0.15, -0.1) is 0 Å². The van der Waals surface area contributed by atoms with Gasteiger partial charge >= 0.3 is 0 Å². The van der Waals surface area contributed by atoms with E-state index in [-0.39, 0.29) is 12.5 Å². The number of nitrogens with one attached hydrogen (secondary N) is 1. The Balaban J connectivity index is 2.33. The molecule has 1 N–H and O–H groups in total. The lowest BCUT2D eigenvalue weighted by Gasteiger charge is -2.10. The number of benzene rings is 1. The van der Waals surface area contributed by atoms with Crippen LogP contribution in [0.2, 0.25) is 0 Å². The van der Waals surface area contributed by atoms with Gasteiger partial charge in [-0.1, -0.05) is 19.9 Å². The molecule has 18 heavy (non-hydrogen) atoms. The zero-order valence-electron chi connectivity index (χ0n) is 10.8. The van der Waals surface area contributed by atoms with Crippen molar-refractivity contribution in [1.82, 2.24) is 5.48 Å². The summed E-state index contributed by atoms with van der Waals surface area (Å²) in [6, 6.07) is 5.68. The Bertz CT molecular complexity index is 407. The minimum Gasteiger partial charge on any atom is -0.483 e. The molecule has 0 aromatic heterocycles. The van der Waals surface area contributed by atoms with Crippen LogP contribution in [0.5, 0.6) is 5.75 Å². The summed E-state index contributed by atoms with van der Waals surface area (Å²) >= 11 is 3.38. The second-order valence-corrected chi connectivity index (χ2v) is 5.31. The lowest BCUT2D eigenvalue weighted by atomic mass is 10.2. The van der Waals surface area contributed by atoms with Crippen molar-refractivity contribution in [3.05, 3.63) is 28.2 Å². The molecule has 1 aromatic carbocycles. The van der Waals surface area contributed by atoms with Crippen molar-refractivity contribution in [2.75, 3.05) is 13.2 Å². The van der Waals surface area contributed by atoms with Crippen molar-refractivity contribution < 1.29 is 14.4 Å². The van der Waals surface area contributed by atoms with E-state index in [2.05, 4.69) is 21.4 Å². The van der Waals surface area contributed by atoms with Crippen LogP contribution in [0.4, 0.5) is 0 Å². The second kappa shape index (κ2) is 7.38. The van der Waals surface area contributed by atoms with Crippen LogP contribution in [0.3, 0.4) is 0 Å². The number of amides is 1. The third-order valence-corrected chi connectivity index (χ3v) is 2.67. The molecule has 0 spiro atoms. The van der Waals surface area contributed by atoms with Crippen molar-refractivity contribution >= 4 is 21.8 Å². The van der Waals surface area contributed by atoms with Gasteiger partial charge in [0.05, 0.1) is 11.1 Å². The average molecular weight is 316 g/mol. The number of ether oxygens (including phenoxy) is 1. The molecule has 5 heteroatoms. The minimum absolute atomic E-state index is 0.0697. The van der Waals surface area contributed by atoms with Gasteiger partial charge in [-0.05, 0) is 46.5 Å². The van der Waals surface area contributed by atoms with E-state index in [1.54, 1.807) is 0 Å². The van der Waals surface area contributed by atoms with Crippen LogP contribution < -0.4 is 10.2 Å². The number of hydrogen-bond acceptors (Lipinski definition) is 3. The van der Waals surface area contributed by atoms with Crippen molar-refractivity contribution in [3.63, 3.8) is 0 Å². The topological polar surface area (TPSA) is 47.6 Å². The SMILES string of the molecule is Cc1ccc(OCC(=O)NOCC(C)C)c(Br)c1. The van der Waals surface area contributed by atoms with E-state index < -0.39 is 0 Å². The first-order chi connectivity index (χ1) is 8.49. The Morgan fingerprint density at radius 3 is 2.78 bits per heavy atom. The molecule has 4 nitrogen and oxygen atoms in total. The first-order valence-corrected chi connectivity index (χ1v) is 6.58. The van der Waals surface area contributed by atoms with Crippen LogP contribution in [0.25, 0.3) is 0 Å². The van der Waals surface area contributed by atoms with E-state index in [1.807, 2.05) is 39.0 Å². The zero-order chi connectivity index (χ0) is 13.5. The normalized spacial score (nSPS) is 10.5. The summed E-state index contributed by atoms with van der Waals surface area (Å²) in [5.41, 5.74) is 3.46. The van der Waals surface area contributed by atoms with E-state index in [1.165, 1.54) is 0 Å². The van der Waals surface area contributed by atoms with Gasteiger partial charge in [-0.2, -0.15) is 0 Å². The van der Waals surface area contributed by atoms with Crippen molar-refractivity contribution in [2.45, 2.75) is 20.8 Å². The fourth-order valence-corrected chi connectivity index (χ4v) is 1.79. The summed E-state index contributed by atoms with van der Waals surface area (Å²) in [4.78, 5) is 16.4. The number of hydroxylamine groups is 1. The smallest absolute Gasteiger partial charge is 0.281 e. The summed E-state index contributed by atoms with van der Waals surface area (Å²) in [5, 5.41) is 0. The Kier molecular flexibility index (Phi) is 6.15. The summed E-state index contributed by atoms with van der Waals surface area (Å²) < 4.78 is 6.20. The lowest BCUT2D eigenvalue weighted by Crippen LogP contribution is -2.30. The van der Waals surface area contributed by atoms with E-state index >= 15 is 0 Å². The Labute approximate surface area is 116 Å². The van der Waals surface area contributed by atoms with Crippen LogP contribution in [-0.2, 0) is 9.63 Å². The maximum Gasteiger partial charge on any atom is 0.281 e. The first-order valence-electron chi connectivity index (χ1n) is 5.78. The van der Waals surface area contributed by atoms with Crippen molar-refractivity contribution in [2.24, 2.45) is 5.92 Å². The molecule has 1 amide bonds. The number of carbonyl (C=O) groups is 1. The minimum atomic E-state index is -0.303. The molecule has 0 saturated heterocycles. The second-order valence-electron chi connectivity index (χ2n) is 4.45. The lowest BCUT2D eigenvalue weighted by molar-refractivity contribution is -0.136. The van der Waals surface area contributed by atoms with E-state index in [4.69, 9.17) is 9.57 Å². The molecule has 1 rings (SSSR count). The largest absolute Gasteiger partial charge is 0.483 e. The predicted octanol–water partition coefficient (Wildman–Crippen LogP) is 2.84. The van der Waals surface area contributed by atoms with Gasteiger partial charge in [-0.3, -0.25) is 9.63 Å². The molecule has 0 heterocycles. The van der Waals surface area contributed by atoms with Crippen LogP contribution >= 0.6 is 15.9 Å². The van der Waals surface area contributed by atoms with Gasteiger partial charge in [0.1, 0.15) is 5.75 Å². The molecule has 0 aliphatic rings. The molecule has 100 valence electrons. The van der Waals surface area contributed by atoms with Crippen LogP contribution in [0.15, 0.2) is 22.7 Å². The molecule has 0 radical (unpaired) electrons. The highest BCUT2D eigenvalue weighted by Gasteiger charge is 2.06. The number of aryl methyl sites for hydroxylation is 1. The monoisotopic (exact) mass is 315 g/mol. The molecule has 1 aromatic rings. The molecule has 0 saturated carbocycles. The van der Waals surface area contributed by atoms with Gasteiger partial charge in [0.2, 0.25) is 0 Å². The number of halogens is 1. The average Bonchev–Trinajstić information content (AvgIpc) is 2.27. The quantitative estimate of drug-likeness (QED) is 0.821. The molecule has 0 atom stereocenters. The fourth-order valence-electron chi connectivity index (χ4n) is 1.18. The highest BCUT2D eigenvalue weighted by Crippen LogP contribution is 2.25. The van der Waals surface area contributed by atoms with Crippen LogP contribution in [0.1, 0.15) is 19.4 Å². The van der Waals surface area contributed by atoms with Gasteiger partial charge in [0, 0.05) is 0 Å². The summed E-state index contributed by atoms with van der Waals surface area (Å²) in [6.07, 6.45) is 0. The Morgan fingerprint density at radius 2 is 2.17 bits per heavy atom. The Morgan fingerprint density at radius 1 is 1.44 bits per heavy atom. The van der Waals surface area contributed by atoms with E-state index in [9.17, 15) is 4.79 Å². The molecule has 0 unspecified atom stereocenters. The maximum absolute atomic E-state index is 11.4. The van der Waals surface area contributed by atoms with Gasteiger partial charge in [0.15, 0.2) is 6.61 Å². The van der Waals surface area contributed by atoms with E-state index in [0.717, 1.165) is 10.0 Å². The highest BCUT2D eigenvalue weighted by molar-refractivity contribution is 9.10. The molecule has 0 fully saturated rings. The molecular formula is C13H18BrNO3. The standard InChI is InChI=1S/C13H18BrNO3/c1-9(2)7-18-15-13(16)8-17-12-5-4-10(3)6-11(12)14/h4-6,9H,7-8H2,1-3H3,(H,15,16). The third kappa shape index (κ3) is 5.51. The first kappa shape index (κ1) is 15.0. The molecule has 0 bridgehead atoms. The zero-order valence-corrected chi connectivity index (χ0v) is 12.4. The Hall–Kier alpha value is -1.07. The molecular weight excluding hydrogens is 298 g/mol. The predicted molar refractivity (Wildman–Crippen MR) is 73.3 cm³/mol. The third-order valence-electron chi connectivity index (χ3n) is 2.05. The van der Waals surface area contributed by atoms with Gasteiger partial charge in [0.25, 0.3) is 5.91 Å². The van der Waals surface area contributed by atoms with E-state index in [0.29, 0.717) is 18.3 Å².